The minimum atomic E-state index is -3.03. The lowest BCUT2D eigenvalue weighted by Gasteiger charge is -2.07. The van der Waals surface area contributed by atoms with Crippen LogP contribution in [0.5, 0.6) is 0 Å². The number of halogens is 3. The summed E-state index contributed by atoms with van der Waals surface area (Å²) in [6, 6.07) is 2.78. The lowest BCUT2D eigenvalue weighted by molar-refractivity contribution is 0.113. The summed E-state index contributed by atoms with van der Waals surface area (Å²) in [7, 11) is 0. The van der Waals surface area contributed by atoms with Gasteiger partial charge in [-0.15, -0.1) is 0 Å². The van der Waals surface area contributed by atoms with Gasteiger partial charge in [0.15, 0.2) is 16.6 Å². The van der Waals surface area contributed by atoms with Gasteiger partial charge in [-0.3, -0.25) is 10.7 Å². The number of thioether (sulfide) groups is 1. The van der Waals surface area contributed by atoms with E-state index in [1.165, 1.54) is 0 Å². The molecule has 0 aliphatic heterocycles. The average molecular weight is 378 g/mol. The number of amidine groups is 1. The van der Waals surface area contributed by atoms with Gasteiger partial charge in [0.1, 0.15) is 5.82 Å². The summed E-state index contributed by atoms with van der Waals surface area (Å²) in [6.07, 6.45) is -4.04. The molecule has 0 amide bonds. The minimum Gasteiger partial charge on any atom is -0.394 e. The van der Waals surface area contributed by atoms with Crippen molar-refractivity contribution in [1.29, 1.82) is 0 Å². The maximum absolute atomic E-state index is 13.3. The van der Waals surface area contributed by atoms with Crippen LogP contribution >= 0.6 is 11.8 Å². The fourth-order valence-electron chi connectivity index (χ4n) is 1.68. The minimum absolute atomic E-state index is 0.0550. The summed E-state index contributed by atoms with van der Waals surface area (Å²) < 4.78 is 43.3. The van der Waals surface area contributed by atoms with Crippen molar-refractivity contribution in [3.8, 4) is 0 Å². The van der Waals surface area contributed by atoms with Crippen molar-refractivity contribution >= 4 is 23.3 Å². The van der Waals surface area contributed by atoms with Crippen LogP contribution in [0.15, 0.2) is 32.8 Å². The van der Waals surface area contributed by atoms with Crippen LogP contribution in [0.1, 0.15) is 17.7 Å². The largest absolute Gasteiger partial charge is 0.394 e. The molecule has 0 fully saturated rings. The second-order valence-electron chi connectivity index (χ2n) is 4.64. The van der Waals surface area contributed by atoms with Gasteiger partial charge in [0.2, 0.25) is 0 Å². The van der Waals surface area contributed by atoms with Gasteiger partial charge in [-0.1, -0.05) is 11.8 Å². The van der Waals surface area contributed by atoms with E-state index in [2.05, 4.69) is 19.9 Å². The van der Waals surface area contributed by atoms with E-state index in [-0.39, 0.29) is 28.0 Å². The number of benzene rings is 1. The first kappa shape index (κ1) is 19.2. The second kappa shape index (κ2) is 8.80. The first-order chi connectivity index (χ1) is 12.0. The van der Waals surface area contributed by atoms with Crippen molar-refractivity contribution in [3.63, 3.8) is 0 Å². The number of nitrogens with zero attached hydrogens (tertiary/aromatic N) is 3. The van der Waals surface area contributed by atoms with Crippen LogP contribution in [0.4, 0.5) is 18.9 Å². The van der Waals surface area contributed by atoms with E-state index in [1.54, 1.807) is 5.48 Å². The fraction of sp³-hybridized carbons (Fsp3) is 0.308. The van der Waals surface area contributed by atoms with Crippen molar-refractivity contribution in [3.05, 3.63) is 35.3 Å². The van der Waals surface area contributed by atoms with Crippen LogP contribution in [-0.2, 0) is 0 Å². The number of aliphatic hydroxyl groups excluding tert-OH is 2. The molecule has 1 aromatic heterocycles. The molecule has 12 heteroatoms. The van der Waals surface area contributed by atoms with Crippen LogP contribution < -0.4 is 5.48 Å². The molecule has 1 unspecified atom stereocenters. The van der Waals surface area contributed by atoms with Crippen molar-refractivity contribution in [1.82, 2.24) is 15.8 Å². The van der Waals surface area contributed by atoms with Crippen LogP contribution in [0.25, 0.3) is 0 Å². The molecule has 1 atom stereocenters. The number of aliphatic imine (C=N–C) groups is 1. The van der Waals surface area contributed by atoms with Gasteiger partial charge < -0.3 is 10.2 Å². The maximum atomic E-state index is 13.3. The summed E-state index contributed by atoms with van der Waals surface area (Å²) in [5.74, 6) is -1.30. The molecule has 0 bridgehead atoms. The van der Waals surface area contributed by atoms with Crippen molar-refractivity contribution in [2.45, 2.75) is 17.6 Å². The van der Waals surface area contributed by atoms with Gasteiger partial charge >= 0.3 is 0 Å². The third kappa shape index (κ3) is 4.92. The first-order valence-electron chi connectivity index (χ1n) is 6.77. The van der Waals surface area contributed by atoms with Crippen molar-refractivity contribution in [2.24, 2.45) is 4.99 Å². The number of aromatic nitrogens is 2. The molecule has 25 heavy (non-hydrogen) atoms. The Morgan fingerprint density at radius 2 is 2.12 bits per heavy atom. The van der Waals surface area contributed by atoms with Gasteiger partial charge in [-0.25, -0.2) is 22.8 Å². The molecule has 0 aliphatic carbocycles. The quantitative estimate of drug-likeness (QED) is 0.248. The molecule has 1 aromatic carbocycles. The van der Waals surface area contributed by atoms with E-state index >= 15 is 0 Å². The zero-order valence-corrected chi connectivity index (χ0v) is 13.3. The Labute approximate surface area is 143 Å². The number of aliphatic hydroxyl groups is 2. The van der Waals surface area contributed by atoms with E-state index in [4.69, 9.17) is 5.11 Å². The highest BCUT2D eigenvalue weighted by atomic mass is 32.2. The number of rotatable bonds is 7. The van der Waals surface area contributed by atoms with Crippen LogP contribution in [0, 0.1) is 5.82 Å². The number of hydrogen-bond acceptors (Lipinski definition) is 8. The van der Waals surface area contributed by atoms with Crippen molar-refractivity contribution in [2.75, 3.05) is 12.4 Å². The molecule has 0 saturated carbocycles. The molecular formula is C13H13F3N4O4S. The molecule has 4 N–H and O–H groups in total. The molecular weight excluding hydrogens is 365 g/mol. The summed E-state index contributed by atoms with van der Waals surface area (Å²) in [6.45, 7) is -0.460. The Balaban J connectivity index is 2.30. The van der Waals surface area contributed by atoms with Crippen LogP contribution in [-0.4, -0.2) is 50.0 Å². The lowest BCUT2D eigenvalue weighted by Crippen LogP contribution is -2.21. The average Bonchev–Trinajstić information content (AvgIpc) is 3.06. The highest BCUT2D eigenvalue weighted by Gasteiger charge is 2.19. The van der Waals surface area contributed by atoms with Crippen LogP contribution in [0.3, 0.4) is 0 Å². The highest BCUT2D eigenvalue weighted by Crippen LogP contribution is 2.27. The Morgan fingerprint density at radius 1 is 1.36 bits per heavy atom. The third-order valence-electron chi connectivity index (χ3n) is 2.87. The Bertz CT molecular complexity index is 744. The van der Waals surface area contributed by atoms with E-state index < -0.39 is 30.5 Å². The van der Waals surface area contributed by atoms with Gasteiger partial charge in [0, 0.05) is 5.75 Å². The fourth-order valence-corrected chi connectivity index (χ4v) is 2.49. The lowest BCUT2D eigenvalue weighted by atomic mass is 10.2. The Morgan fingerprint density at radius 3 is 2.76 bits per heavy atom. The first-order valence-corrected chi connectivity index (χ1v) is 7.75. The molecule has 2 rings (SSSR count). The number of nitrogens with one attached hydrogen (secondary N) is 1. The molecule has 0 radical (unpaired) electrons. The van der Waals surface area contributed by atoms with E-state index in [0.717, 1.165) is 30.0 Å². The zero-order chi connectivity index (χ0) is 18.4. The summed E-state index contributed by atoms with van der Waals surface area (Å²) >= 11 is 0.962. The topological polar surface area (TPSA) is 124 Å². The number of hydrogen-bond donors (Lipinski definition) is 4. The van der Waals surface area contributed by atoms with Crippen molar-refractivity contribution < 1.29 is 33.2 Å². The molecule has 0 aliphatic rings. The van der Waals surface area contributed by atoms with Gasteiger partial charge in [0.05, 0.1) is 24.0 Å². The zero-order valence-electron chi connectivity index (χ0n) is 12.4. The number of hydroxylamine groups is 1. The normalized spacial score (nSPS) is 13.3. The smallest absolute Gasteiger partial charge is 0.266 e. The molecule has 0 spiro atoms. The summed E-state index contributed by atoms with van der Waals surface area (Å²) in [5, 5.41) is 34.6. The molecule has 0 saturated heterocycles. The van der Waals surface area contributed by atoms with Gasteiger partial charge in [-0.2, -0.15) is 0 Å². The molecule has 2 aromatic rings. The van der Waals surface area contributed by atoms with Crippen LogP contribution in [0.2, 0.25) is 0 Å². The van der Waals surface area contributed by atoms with Gasteiger partial charge in [0.25, 0.3) is 6.43 Å². The van der Waals surface area contributed by atoms with E-state index in [1.807, 2.05) is 0 Å². The second-order valence-corrected chi connectivity index (χ2v) is 5.65. The Hall–Kier alpha value is -2.15. The monoisotopic (exact) mass is 378 g/mol. The number of alkyl halides is 2. The maximum Gasteiger partial charge on any atom is 0.266 e. The molecule has 136 valence electrons. The van der Waals surface area contributed by atoms with Gasteiger partial charge in [-0.05, 0) is 28.5 Å². The Kier molecular flexibility index (Phi) is 6.75. The van der Waals surface area contributed by atoms with E-state index in [9.17, 15) is 23.5 Å². The summed E-state index contributed by atoms with van der Waals surface area (Å²) in [4.78, 5) is 3.88. The SMILES string of the molecule is OCC(O)CSc1nonc1C(=Nc1ccc(F)c(C(F)F)c1)NO. The van der Waals surface area contributed by atoms with E-state index in [0.29, 0.717) is 0 Å². The predicted molar refractivity (Wildman–Crippen MR) is 80.6 cm³/mol. The molecule has 1 heterocycles. The standard InChI is InChI=1S/C13H13F3N4O4S/c14-9-2-1-6(3-8(9)11(15)16)17-12(18-23)10-13(20-24-19-10)25-5-7(22)4-21/h1-3,7,11,21-23H,4-5H2,(H,17,18). The third-order valence-corrected chi connectivity index (χ3v) is 3.96. The predicted octanol–water partition coefficient (Wildman–Crippen LogP) is 1.65. The summed E-state index contributed by atoms with van der Waals surface area (Å²) in [5.41, 5.74) is 0.782. The highest BCUT2D eigenvalue weighted by molar-refractivity contribution is 7.99. The molecule has 8 nitrogen and oxygen atoms in total.